The quantitative estimate of drug-likeness (QED) is 0.723. The van der Waals surface area contributed by atoms with Crippen LogP contribution in [0.1, 0.15) is 0 Å². The molecule has 0 aliphatic rings. The summed E-state index contributed by atoms with van der Waals surface area (Å²) >= 11 is 3.10. The van der Waals surface area contributed by atoms with Gasteiger partial charge in [-0.3, -0.25) is 0 Å². The summed E-state index contributed by atoms with van der Waals surface area (Å²) in [6.07, 6.45) is 1.35. The molecule has 1 aromatic carbocycles. The van der Waals surface area contributed by atoms with E-state index in [1.165, 1.54) is 24.5 Å². The third kappa shape index (κ3) is 2.44. The Morgan fingerprint density at radius 1 is 1.05 bits per heavy atom. The largest absolute Gasteiger partial charge is 0.338 e. The van der Waals surface area contributed by atoms with Gasteiger partial charge in [0, 0.05) is 5.69 Å². The molecule has 0 fully saturated rings. The number of pyridine rings is 1. The number of nitrogens with one attached hydrogen (secondary N) is 1. The summed E-state index contributed by atoms with van der Waals surface area (Å²) in [5.41, 5.74) is 1.43. The van der Waals surface area contributed by atoms with Crippen LogP contribution < -0.4 is 5.32 Å². The molecule has 0 atom stereocenters. The van der Waals surface area contributed by atoms with Gasteiger partial charge in [0.05, 0.1) is 9.99 Å². The maximum absolute atomic E-state index is 13.2. The Morgan fingerprint density at radius 3 is 2.70 bits per heavy atom. The maximum Gasteiger partial charge on any atom is 0.213 e. The Balaban J connectivity index is 2.05. The van der Waals surface area contributed by atoms with E-state index in [4.69, 9.17) is 0 Å². The Hall–Kier alpha value is -2.15. The van der Waals surface area contributed by atoms with Crippen molar-refractivity contribution < 1.29 is 8.78 Å². The Bertz CT molecular complexity index is 794. The first-order chi connectivity index (χ1) is 9.63. The molecule has 0 aliphatic carbocycles. The van der Waals surface area contributed by atoms with Crippen LogP contribution in [-0.4, -0.2) is 15.0 Å². The Kier molecular flexibility index (Phi) is 3.27. The normalized spacial score (nSPS) is 10.8. The fourth-order valence-corrected chi connectivity index (χ4v) is 2.10. The van der Waals surface area contributed by atoms with Crippen molar-refractivity contribution in [3.8, 4) is 0 Å². The molecule has 2 aromatic heterocycles. The standard InChI is InChI=1S/C13H7BrF2N4/c14-8-5-7(1-2-9(8)15)19-13-12-10(17-6-18-13)3-4-11(16)20-12/h1-6H,(H,17,18,19). The van der Waals surface area contributed by atoms with Crippen molar-refractivity contribution in [3.63, 3.8) is 0 Å². The third-order valence-corrected chi connectivity index (χ3v) is 3.24. The summed E-state index contributed by atoms with van der Waals surface area (Å²) in [6.45, 7) is 0. The Morgan fingerprint density at radius 2 is 1.90 bits per heavy atom. The lowest BCUT2D eigenvalue weighted by Gasteiger charge is -2.08. The first-order valence-corrected chi connectivity index (χ1v) is 6.42. The van der Waals surface area contributed by atoms with Crippen molar-refractivity contribution in [2.24, 2.45) is 0 Å². The van der Waals surface area contributed by atoms with E-state index in [2.05, 4.69) is 36.2 Å². The maximum atomic E-state index is 13.2. The zero-order valence-corrected chi connectivity index (χ0v) is 11.5. The fraction of sp³-hybridized carbons (Fsp3) is 0. The predicted octanol–water partition coefficient (Wildman–Crippen LogP) is 3.81. The van der Waals surface area contributed by atoms with Gasteiger partial charge in [-0.15, -0.1) is 0 Å². The molecule has 0 amide bonds. The highest BCUT2D eigenvalue weighted by Crippen LogP contribution is 2.25. The van der Waals surface area contributed by atoms with Gasteiger partial charge in [-0.05, 0) is 46.3 Å². The van der Waals surface area contributed by atoms with Crippen molar-refractivity contribution >= 4 is 38.5 Å². The molecule has 100 valence electrons. The second-order valence-corrected chi connectivity index (χ2v) is 4.83. The van der Waals surface area contributed by atoms with E-state index in [1.54, 1.807) is 12.1 Å². The number of fused-ring (bicyclic) bond motifs is 1. The second-order valence-electron chi connectivity index (χ2n) is 3.98. The summed E-state index contributed by atoms with van der Waals surface area (Å²) < 4.78 is 26.7. The number of halogens is 3. The van der Waals surface area contributed by atoms with Crippen molar-refractivity contribution in [3.05, 3.63) is 52.9 Å². The number of benzene rings is 1. The zero-order valence-electron chi connectivity index (χ0n) is 9.94. The van der Waals surface area contributed by atoms with Crippen LogP contribution in [0.5, 0.6) is 0 Å². The molecule has 1 N–H and O–H groups in total. The lowest BCUT2D eigenvalue weighted by molar-refractivity contribution is 0.589. The lowest BCUT2D eigenvalue weighted by Crippen LogP contribution is -1.98. The van der Waals surface area contributed by atoms with Gasteiger partial charge in [-0.2, -0.15) is 4.39 Å². The number of rotatable bonds is 2. The van der Waals surface area contributed by atoms with Gasteiger partial charge in [0.25, 0.3) is 0 Å². The van der Waals surface area contributed by atoms with Gasteiger partial charge in [0.2, 0.25) is 5.95 Å². The van der Waals surface area contributed by atoms with Gasteiger partial charge in [0.1, 0.15) is 17.7 Å². The molecule has 0 bridgehead atoms. The van der Waals surface area contributed by atoms with Crippen molar-refractivity contribution in [1.82, 2.24) is 15.0 Å². The molecule has 3 aromatic rings. The molecular formula is C13H7BrF2N4. The number of aromatic nitrogens is 3. The summed E-state index contributed by atoms with van der Waals surface area (Å²) in [5.74, 6) is -0.629. The van der Waals surface area contributed by atoms with Gasteiger partial charge in [-0.1, -0.05) is 0 Å². The number of hydrogen-bond donors (Lipinski definition) is 1. The minimum Gasteiger partial charge on any atom is -0.338 e. The second kappa shape index (κ2) is 5.09. The molecule has 0 aliphatic heterocycles. The minimum atomic E-state index is -0.615. The molecule has 4 nitrogen and oxygen atoms in total. The van der Waals surface area contributed by atoms with E-state index in [-0.39, 0.29) is 5.82 Å². The molecule has 0 spiro atoms. The van der Waals surface area contributed by atoms with Gasteiger partial charge >= 0.3 is 0 Å². The van der Waals surface area contributed by atoms with E-state index in [0.717, 1.165) is 0 Å². The highest BCUT2D eigenvalue weighted by molar-refractivity contribution is 9.10. The van der Waals surface area contributed by atoms with Crippen LogP contribution in [0.15, 0.2) is 41.1 Å². The lowest BCUT2D eigenvalue weighted by atomic mass is 10.3. The number of anilines is 2. The van der Waals surface area contributed by atoms with Crippen LogP contribution in [0.25, 0.3) is 11.0 Å². The first-order valence-electron chi connectivity index (χ1n) is 5.63. The Labute approximate surface area is 121 Å². The molecule has 7 heteroatoms. The monoisotopic (exact) mass is 336 g/mol. The van der Waals surface area contributed by atoms with Crippen LogP contribution in [0.2, 0.25) is 0 Å². The van der Waals surface area contributed by atoms with E-state index < -0.39 is 5.95 Å². The van der Waals surface area contributed by atoms with Crippen LogP contribution >= 0.6 is 15.9 Å². The van der Waals surface area contributed by atoms with Crippen LogP contribution in [-0.2, 0) is 0 Å². The third-order valence-electron chi connectivity index (χ3n) is 2.63. The van der Waals surface area contributed by atoms with E-state index in [1.807, 2.05) is 0 Å². The first kappa shape index (κ1) is 12.9. The molecule has 0 saturated heterocycles. The molecule has 0 saturated carbocycles. The SMILES string of the molecule is Fc1ccc2ncnc(Nc3ccc(F)c(Br)c3)c2n1. The van der Waals surface area contributed by atoms with Gasteiger partial charge in [0.15, 0.2) is 5.82 Å². The van der Waals surface area contributed by atoms with E-state index in [9.17, 15) is 8.78 Å². The molecule has 2 heterocycles. The zero-order chi connectivity index (χ0) is 14.1. The van der Waals surface area contributed by atoms with Gasteiger partial charge < -0.3 is 5.32 Å². The van der Waals surface area contributed by atoms with Gasteiger partial charge in [-0.25, -0.2) is 19.3 Å². The molecule has 0 radical (unpaired) electrons. The van der Waals surface area contributed by atoms with Crippen molar-refractivity contribution in [2.75, 3.05) is 5.32 Å². The molecule has 0 unspecified atom stereocenters. The summed E-state index contributed by atoms with van der Waals surface area (Å²) in [7, 11) is 0. The van der Waals surface area contributed by atoms with Crippen molar-refractivity contribution in [2.45, 2.75) is 0 Å². The number of nitrogens with zero attached hydrogens (tertiary/aromatic N) is 3. The summed E-state index contributed by atoms with van der Waals surface area (Å²) in [6, 6.07) is 7.17. The summed E-state index contributed by atoms with van der Waals surface area (Å²) in [4.78, 5) is 11.8. The fourth-order valence-electron chi connectivity index (χ4n) is 1.72. The van der Waals surface area contributed by atoms with Crippen LogP contribution in [0.3, 0.4) is 0 Å². The van der Waals surface area contributed by atoms with Crippen LogP contribution in [0.4, 0.5) is 20.3 Å². The smallest absolute Gasteiger partial charge is 0.213 e. The summed E-state index contributed by atoms with van der Waals surface area (Å²) in [5, 5.41) is 2.97. The minimum absolute atomic E-state index is 0.313. The predicted molar refractivity (Wildman–Crippen MR) is 74.7 cm³/mol. The molecule has 20 heavy (non-hydrogen) atoms. The average Bonchev–Trinajstić information content (AvgIpc) is 2.44. The van der Waals surface area contributed by atoms with E-state index in [0.29, 0.717) is 27.0 Å². The van der Waals surface area contributed by atoms with Crippen molar-refractivity contribution in [1.29, 1.82) is 0 Å². The highest BCUT2D eigenvalue weighted by atomic mass is 79.9. The highest BCUT2D eigenvalue weighted by Gasteiger charge is 2.08. The topological polar surface area (TPSA) is 50.7 Å². The molecular weight excluding hydrogens is 330 g/mol. The average molecular weight is 337 g/mol. The van der Waals surface area contributed by atoms with Crippen LogP contribution in [0, 0.1) is 11.8 Å². The number of hydrogen-bond acceptors (Lipinski definition) is 4. The van der Waals surface area contributed by atoms with E-state index >= 15 is 0 Å². The molecule has 3 rings (SSSR count).